The second kappa shape index (κ2) is 6.72. The normalized spacial score (nSPS) is 15.5. The molecule has 0 radical (unpaired) electrons. The number of carboxylic acid groups (broad SMARTS) is 1. The number of rotatable bonds is 7. The highest BCUT2D eigenvalue weighted by molar-refractivity contribution is 5.73. The zero-order chi connectivity index (χ0) is 11.1. The summed E-state index contributed by atoms with van der Waals surface area (Å²) in [6.07, 6.45) is -2.36. The zero-order valence-corrected chi connectivity index (χ0v) is 8.34. The van der Waals surface area contributed by atoms with Gasteiger partial charge in [-0.3, -0.25) is 4.79 Å². The molecular formula is C8H17NO5. The summed E-state index contributed by atoms with van der Waals surface area (Å²) in [4.78, 5) is 10.5. The minimum Gasteiger partial charge on any atom is -0.480 e. The average molecular weight is 207 g/mol. The molecule has 0 heterocycles. The highest BCUT2D eigenvalue weighted by atomic mass is 16.7. The number of hydrogen-bond acceptors (Lipinski definition) is 5. The molecule has 0 aromatic heterocycles. The third kappa shape index (κ3) is 4.01. The highest BCUT2D eigenvalue weighted by Gasteiger charge is 2.30. The average Bonchev–Trinajstić information content (AvgIpc) is 2.15. The monoisotopic (exact) mass is 207 g/mol. The van der Waals surface area contributed by atoms with Gasteiger partial charge in [-0.2, -0.15) is 0 Å². The van der Waals surface area contributed by atoms with Gasteiger partial charge >= 0.3 is 5.97 Å². The Morgan fingerprint density at radius 3 is 2.07 bits per heavy atom. The fraction of sp³-hybridized carbons (Fsp3) is 0.875. The molecule has 84 valence electrons. The minimum atomic E-state index is -1.40. The SMILES string of the molecule is CCOC(OCC)C(O)C(N)C(=O)O. The van der Waals surface area contributed by atoms with Gasteiger partial charge in [-0.25, -0.2) is 0 Å². The van der Waals surface area contributed by atoms with Crippen LogP contribution in [0.2, 0.25) is 0 Å². The standard InChI is InChI=1S/C8H17NO5/c1-3-13-8(14-4-2)6(10)5(9)7(11)12/h5-6,8,10H,3-4,9H2,1-2H3,(H,11,12). The Labute approximate surface area is 82.6 Å². The Morgan fingerprint density at radius 1 is 1.36 bits per heavy atom. The molecular weight excluding hydrogens is 190 g/mol. The van der Waals surface area contributed by atoms with E-state index in [1.165, 1.54) is 0 Å². The molecule has 0 saturated carbocycles. The predicted octanol–water partition coefficient (Wildman–Crippen LogP) is -0.842. The van der Waals surface area contributed by atoms with Crippen LogP contribution in [-0.4, -0.2) is 47.8 Å². The van der Waals surface area contributed by atoms with E-state index in [4.69, 9.17) is 20.3 Å². The Morgan fingerprint density at radius 2 is 1.79 bits per heavy atom. The van der Waals surface area contributed by atoms with Crippen molar-refractivity contribution in [3.63, 3.8) is 0 Å². The molecule has 0 rings (SSSR count). The smallest absolute Gasteiger partial charge is 0.323 e. The van der Waals surface area contributed by atoms with Crippen LogP contribution in [0, 0.1) is 0 Å². The number of aliphatic hydroxyl groups excluding tert-OH is 1. The number of hydrogen-bond donors (Lipinski definition) is 3. The molecule has 6 heteroatoms. The van der Waals surface area contributed by atoms with Crippen LogP contribution in [0.4, 0.5) is 0 Å². The van der Waals surface area contributed by atoms with Gasteiger partial charge in [0.05, 0.1) is 0 Å². The molecule has 4 N–H and O–H groups in total. The molecule has 2 atom stereocenters. The molecule has 0 aromatic rings. The van der Waals surface area contributed by atoms with Gasteiger partial charge in [0.2, 0.25) is 0 Å². The lowest BCUT2D eigenvalue weighted by molar-refractivity contribution is -0.198. The van der Waals surface area contributed by atoms with E-state index in [-0.39, 0.29) is 0 Å². The minimum absolute atomic E-state index is 0.314. The molecule has 2 unspecified atom stereocenters. The maximum Gasteiger partial charge on any atom is 0.323 e. The van der Waals surface area contributed by atoms with Crippen LogP contribution in [0.25, 0.3) is 0 Å². The summed E-state index contributed by atoms with van der Waals surface area (Å²) in [5, 5.41) is 18.0. The molecule has 0 amide bonds. The van der Waals surface area contributed by atoms with Gasteiger partial charge in [-0.05, 0) is 13.8 Å². The first-order valence-corrected chi connectivity index (χ1v) is 4.44. The van der Waals surface area contributed by atoms with Crippen molar-refractivity contribution < 1.29 is 24.5 Å². The molecule has 0 saturated heterocycles. The molecule has 6 nitrogen and oxygen atoms in total. The molecule has 0 fully saturated rings. The Balaban J connectivity index is 4.25. The molecule has 0 aliphatic rings. The molecule has 14 heavy (non-hydrogen) atoms. The quantitative estimate of drug-likeness (QED) is 0.470. The van der Waals surface area contributed by atoms with Gasteiger partial charge in [0.15, 0.2) is 6.29 Å². The van der Waals surface area contributed by atoms with Crippen LogP contribution in [0.15, 0.2) is 0 Å². The third-order valence-electron chi connectivity index (χ3n) is 1.59. The van der Waals surface area contributed by atoms with Crippen molar-refractivity contribution >= 4 is 5.97 Å². The molecule has 0 bridgehead atoms. The molecule has 0 aliphatic heterocycles. The van der Waals surface area contributed by atoms with E-state index >= 15 is 0 Å². The summed E-state index contributed by atoms with van der Waals surface area (Å²) in [5.74, 6) is -1.29. The largest absolute Gasteiger partial charge is 0.480 e. The fourth-order valence-corrected chi connectivity index (χ4v) is 0.889. The van der Waals surface area contributed by atoms with Crippen LogP contribution in [0.1, 0.15) is 13.8 Å². The summed E-state index contributed by atoms with van der Waals surface area (Å²) in [5.41, 5.74) is 5.21. The van der Waals surface area contributed by atoms with Crippen LogP contribution in [0.5, 0.6) is 0 Å². The lowest BCUT2D eigenvalue weighted by Gasteiger charge is -2.24. The van der Waals surface area contributed by atoms with Gasteiger partial charge in [-0.1, -0.05) is 0 Å². The maximum absolute atomic E-state index is 10.5. The first-order chi connectivity index (χ1) is 6.54. The van der Waals surface area contributed by atoms with E-state index in [9.17, 15) is 9.90 Å². The van der Waals surface area contributed by atoms with Gasteiger partial charge in [0.1, 0.15) is 12.1 Å². The highest BCUT2D eigenvalue weighted by Crippen LogP contribution is 2.05. The predicted molar refractivity (Wildman–Crippen MR) is 48.7 cm³/mol. The lowest BCUT2D eigenvalue weighted by atomic mass is 10.1. The van der Waals surface area contributed by atoms with Crippen LogP contribution in [-0.2, 0) is 14.3 Å². The number of nitrogens with two attached hydrogens (primary N) is 1. The summed E-state index contributed by atoms with van der Waals surface area (Å²) in [6, 6.07) is -1.40. The van der Waals surface area contributed by atoms with Crippen molar-refractivity contribution in [1.82, 2.24) is 0 Å². The van der Waals surface area contributed by atoms with Crippen LogP contribution < -0.4 is 5.73 Å². The molecule has 0 spiro atoms. The fourth-order valence-electron chi connectivity index (χ4n) is 0.889. The van der Waals surface area contributed by atoms with E-state index in [1.54, 1.807) is 13.8 Å². The van der Waals surface area contributed by atoms with E-state index in [1.807, 2.05) is 0 Å². The van der Waals surface area contributed by atoms with Crippen molar-refractivity contribution in [3.05, 3.63) is 0 Å². The van der Waals surface area contributed by atoms with Gasteiger partial charge in [0, 0.05) is 13.2 Å². The van der Waals surface area contributed by atoms with Crippen LogP contribution >= 0.6 is 0 Å². The van der Waals surface area contributed by atoms with E-state index < -0.39 is 24.4 Å². The van der Waals surface area contributed by atoms with E-state index in [0.717, 1.165) is 0 Å². The number of carboxylic acids is 1. The number of carbonyl (C=O) groups is 1. The maximum atomic E-state index is 10.5. The van der Waals surface area contributed by atoms with Crippen molar-refractivity contribution in [1.29, 1.82) is 0 Å². The first kappa shape index (κ1) is 13.3. The van der Waals surface area contributed by atoms with Gasteiger partial charge < -0.3 is 25.4 Å². The lowest BCUT2D eigenvalue weighted by Crippen LogP contribution is -2.49. The second-order valence-electron chi connectivity index (χ2n) is 2.63. The topological polar surface area (TPSA) is 102 Å². The Hall–Kier alpha value is -0.690. The summed E-state index contributed by atoms with van der Waals surface area (Å²) < 4.78 is 10.00. The summed E-state index contributed by atoms with van der Waals surface area (Å²) >= 11 is 0. The summed E-state index contributed by atoms with van der Waals surface area (Å²) in [7, 11) is 0. The first-order valence-electron chi connectivity index (χ1n) is 4.44. The van der Waals surface area contributed by atoms with Crippen molar-refractivity contribution in [2.24, 2.45) is 5.73 Å². The van der Waals surface area contributed by atoms with E-state index in [0.29, 0.717) is 13.2 Å². The second-order valence-corrected chi connectivity index (χ2v) is 2.63. The Kier molecular flexibility index (Phi) is 6.39. The molecule has 0 aliphatic carbocycles. The Bertz CT molecular complexity index is 169. The third-order valence-corrected chi connectivity index (χ3v) is 1.59. The van der Waals surface area contributed by atoms with Crippen molar-refractivity contribution in [2.75, 3.05) is 13.2 Å². The number of aliphatic carboxylic acids is 1. The zero-order valence-electron chi connectivity index (χ0n) is 8.34. The van der Waals surface area contributed by atoms with E-state index in [2.05, 4.69) is 0 Å². The van der Waals surface area contributed by atoms with Crippen molar-refractivity contribution in [2.45, 2.75) is 32.3 Å². The van der Waals surface area contributed by atoms with Gasteiger partial charge in [0.25, 0.3) is 0 Å². The van der Waals surface area contributed by atoms with Crippen LogP contribution in [0.3, 0.4) is 0 Å². The number of ether oxygens (including phenoxy) is 2. The molecule has 0 aromatic carbocycles. The number of aliphatic hydroxyl groups is 1. The summed E-state index contributed by atoms with van der Waals surface area (Å²) in [6.45, 7) is 4.05. The van der Waals surface area contributed by atoms with Gasteiger partial charge in [-0.15, -0.1) is 0 Å². The van der Waals surface area contributed by atoms with Crippen molar-refractivity contribution in [3.8, 4) is 0 Å².